The first kappa shape index (κ1) is 18.4. The molecule has 0 saturated heterocycles. The van der Waals surface area contributed by atoms with Crippen molar-refractivity contribution in [3.8, 4) is 0 Å². The number of nitrogens with two attached hydrogens (primary N) is 1. The number of imidazole rings is 1. The van der Waals surface area contributed by atoms with Crippen molar-refractivity contribution < 1.29 is 4.79 Å². The Hall–Kier alpha value is -2.95. The molecule has 1 fully saturated rings. The SMILES string of the molecule is Cn1c(Cc2ccc(C(=N)N)cc2)nc2cc(C(=O)C3(C)CCCC3)ccc21. The van der Waals surface area contributed by atoms with E-state index in [0.29, 0.717) is 6.42 Å². The average molecular weight is 374 g/mol. The third-order valence-corrected chi connectivity index (χ3v) is 6.12. The molecule has 0 radical (unpaired) electrons. The highest BCUT2D eigenvalue weighted by atomic mass is 16.1. The number of benzene rings is 2. The first-order valence-electron chi connectivity index (χ1n) is 9.81. The number of carbonyl (C=O) groups excluding carboxylic acids is 1. The van der Waals surface area contributed by atoms with Crippen LogP contribution >= 0.6 is 0 Å². The van der Waals surface area contributed by atoms with Crippen LogP contribution in [0.4, 0.5) is 0 Å². The number of carbonyl (C=O) groups is 1. The lowest BCUT2D eigenvalue weighted by Crippen LogP contribution is -2.24. The van der Waals surface area contributed by atoms with Gasteiger partial charge in [0, 0.05) is 30.0 Å². The first-order chi connectivity index (χ1) is 13.4. The van der Waals surface area contributed by atoms with Crippen LogP contribution in [-0.2, 0) is 13.5 Å². The Balaban J connectivity index is 1.63. The Morgan fingerprint density at radius 3 is 2.43 bits per heavy atom. The minimum absolute atomic E-state index is 0.0717. The summed E-state index contributed by atoms with van der Waals surface area (Å²) in [6, 6.07) is 13.6. The number of aryl methyl sites for hydroxylation is 1. The Kier molecular flexibility index (Phi) is 4.53. The Labute approximate surface area is 165 Å². The minimum Gasteiger partial charge on any atom is -0.384 e. The Morgan fingerprint density at radius 2 is 1.79 bits per heavy atom. The number of rotatable bonds is 5. The van der Waals surface area contributed by atoms with E-state index in [4.69, 9.17) is 16.1 Å². The Bertz CT molecular complexity index is 1060. The predicted molar refractivity (Wildman–Crippen MR) is 112 cm³/mol. The number of nitrogens with one attached hydrogen (secondary N) is 1. The number of ketones is 1. The van der Waals surface area contributed by atoms with Gasteiger partial charge in [-0.2, -0.15) is 0 Å². The molecule has 1 aromatic heterocycles. The normalized spacial score (nSPS) is 15.8. The van der Waals surface area contributed by atoms with Crippen molar-refractivity contribution in [1.29, 1.82) is 5.41 Å². The van der Waals surface area contributed by atoms with Crippen LogP contribution in [0.2, 0.25) is 0 Å². The van der Waals surface area contributed by atoms with Gasteiger partial charge in [-0.3, -0.25) is 10.2 Å². The van der Waals surface area contributed by atoms with Gasteiger partial charge in [-0.25, -0.2) is 4.98 Å². The maximum Gasteiger partial charge on any atom is 0.168 e. The summed E-state index contributed by atoms with van der Waals surface area (Å²) in [6.07, 6.45) is 4.92. The summed E-state index contributed by atoms with van der Waals surface area (Å²) in [4.78, 5) is 17.8. The van der Waals surface area contributed by atoms with E-state index in [1.54, 1.807) is 0 Å². The van der Waals surface area contributed by atoms with Crippen LogP contribution in [0.25, 0.3) is 11.0 Å². The van der Waals surface area contributed by atoms with Crippen molar-refractivity contribution in [1.82, 2.24) is 9.55 Å². The van der Waals surface area contributed by atoms with Crippen LogP contribution in [-0.4, -0.2) is 21.2 Å². The van der Waals surface area contributed by atoms with E-state index in [2.05, 4.69) is 11.5 Å². The Morgan fingerprint density at radius 1 is 1.14 bits per heavy atom. The molecule has 1 heterocycles. The van der Waals surface area contributed by atoms with Gasteiger partial charge in [-0.1, -0.05) is 44.0 Å². The lowest BCUT2D eigenvalue weighted by Gasteiger charge is -2.21. The molecule has 5 nitrogen and oxygen atoms in total. The molecule has 5 heteroatoms. The highest BCUT2D eigenvalue weighted by Gasteiger charge is 2.36. The van der Waals surface area contributed by atoms with Crippen LogP contribution in [0, 0.1) is 10.8 Å². The van der Waals surface area contributed by atoms with Crippen LogP contribution < -0.4 is 5.73 Å². The molecule has 0 atom stereocenters. The maximum absolute atomic E-state index is 13.0. The topological polar surface area (TPSA) is 84.8 Å². The van der Waals surface area contributed by atoms with E-state index < -0.39 is 0 Å². The molecule has 0 amide bonds. The first-order valence-corrected chi connectivity index (χ1v) is 9.81. The lowest BCUT2D eigenvalue weighted by molar-refractivity contribution is 0.0823. The minimum atomic E-state index is -0.219. The van der Waals surface area contributed by atoms with Crippen molar-refractivity contribution in [3.05, 3.63) is 65.0 Å². The van der Waals surface area contributed by atoms with Gasteiger partial charge in [0.1, 0.15) is 11.7 Å². The summed E-state index contributed by atoms with van der Waals surface area (Å²) >= 11 is 0. The van der Waals surface area contributed by atoms with E-state index >= 15 is 0 Å². The third-order valence-electron chi connectivity index (χ3n) is 6.12. The molecule has 2 aromatic carbocycles. The number of fused-ring (bicyclic) bond motifs is 1. The fourth-order valence-electron chi connectivity index (χ4n) is 4.26. The number of amidine groups is 1. The summed E-state index contributed by atoms with van der Waals surface area (Å²) in [7, 11) is 2.01. The van der Waals surface area contributed by atoms with Gasteiger partial charge < -0.3 is 10.3 Å². The highest BCUT2D eigenvalue weighted by molar-refractivity contribution is 6.02. The zero-order chi connectivity index (χ0) is 19.9. The maximum atomic E-state index is 13.0. The van der Waals surface area contributed by atoms with E-state index in [1.807, 2.05) is 49.5 Å². The van der Waals surface area contributed by atoms with E-state index in [1.165, 1.54) is 0 Å². The van der Waals surface area contributed by atoms with Crippen LogP contribution in [0.15, 0.2) is 42.5 Å². The molecular weight excluding hydrogens is 348 g/mol. The number of nitrogens with zero attached hydrogens (tertiary/aromatic N) is 2. The van der Waals surface area contributed by atoms with Gasteiger partial charge in [0.15, 0.2) is 5.78 Å². The molecule has 0 bridgehead atoms. The zero-order valence-corrected chi connectivity index (χ0v) is 16.5. The number of Topliss-reactive ketones (excluding diaryl/α,β-unsaturated/α-hetero) is 1. The molecule has 3 N–H and O–H groups in total. The molecule has 144 valence electrons. The van der Waals surface area contributed by atoms with Crippen molar-refractivity contribution in [2.24, 2.45) is 18.2 Å². The second-order valence-corrected chi connectivity index (χ2v) is 8.17. The molecule has 28 heavy (non-hydrogen) atoms. The second-order valence-electron chi connectivity index (χ2n) is 8.17. The van der Waals surface area contributed by atoms with Gasteiger partial charge in [-0.15, -0.1) is 0 Å². The van der Waals surface area contributed by atoms with Gasteiger partial charge in [0.05, 0.1) is 11.0 Å². The molecule has 1 aliphatic carbocycles. The monoisotopic (exact) mass is 374 g/mol. The molecule has 1 saturated carbocycles. The van der Waals surface area contributed by atoms with Gasteiger partial charge in [0.25, 0.3) is 0 Å². The summed E-state index contributed by atoms with van der Waals surface area (Å²) in [5.41, 5.74) is 9.80. The third kappa shape index (κ3) is 3.21. The smallest absolute Gasteiger partial charge is 0.168 e. The zero-order valence-electron chi connectivity index (χ0n) is 16.5. The molecular formula is C23H26N4O. The summed E-state index contributed by atoms with van der Waals surface area (Å²) in [5, 5.41) is 7.50. The summed E-state index contributed by atoms with van der Waals surface area (Å²) in [6.45, 7) is 2.10. The summed E-state index contributed by atoms with van der Waals surface area (Å²) in [5.74, 6) is 1.27. The predicted octanol–water partition coefficient (Wildman–Crippen LogP) is 4.21. The van der Waals surface area contributed by atoms with E-state index in [0.717, 1.165) is 59.2 Å². The van der Waals surface area contributed by atoms with Crippen molar-refractivity contribution in [2.45, 2.75) is 39.0 Å². The van der Waals surface area contributed by atoms with Gasteiger partial charge in [0.2, 0.25) is 0 Å². The number of hydrogen-bond acceptors (Lipinski definition) is 3. The van der Waals surface area contributed by atoms with E-state index in [-0.39, 0.29) is 17.0 Å². The largest absolute Gasteiger partial charge is 0.384 e. The van der Waals surface area contributed by atoms with Gasteiger partial charge in [-0.05, 0) is 36.6 Å². The second kappa shape index (κ2) is 6.89. The fraction of sp³-hybridized carbons (Fsp3) is 0.348. The number of nitrogen functional groups attached to an aromatic ring is 1. The van der Waals surface area contributed by atoms with Crippen LogP contribution in [0.5, 0.6) is 0 Å². The quantitative estimate of drug-likeness (QED) is 0.398. The van der Waals surface area contributed by atoms with Crippen LogP contribution in [0.3, 0.4) is 0 Å². The van der Waals surface area contributed by atoms with Crippen LogP contribution in [0.1, 0.15) is 59.9 Å². The highest BCUT2D eigenvalue weighted by Crippen LogP contribution is 2.40. The molecule has 0 spiro atoms. The fourth-order valence-corrected chi connectivity index (χ4v) is 4.26. The van der Waals surface area contributed by atoms with Gasteiger partial charge >= 0.3 is 0 Å². The lowest BCUT2D eigenvalue weighted by atomic mass is 9.81. The van der Waals surface area contributed by atoms with Crippen molar-refractivity contribution in [2.75, 3.05) is 0 Å². The van der Waals surface area contributed by atoms with Crippen molar-refractivity contribution in [3.63, 3.8) is 0 Å². The van der Waals surface area contributed by atoms with E-state index in [9.17, 15) is 4.79 Å². The average Bonchev–Trinajstić information content (AvgIpc) is 3.26. The number of aromatic nitrogens is 2. The summed E-state index contributed by atoms with van der Waals surface area (Å²) < 4.78 is 2.08. The molecule has 3 aromatic rings. The standard InChI is InChI=1S/C23H26N4O/c1-23(11-3-4-12-23)21(28)17-9-10-19-18(14-17)26-20(27(19)2)13-15-5-7-16(8-6-15)22(24)25/h5-10,14H,3-4,11-13H2,1-2H3,(H3,24,25). The molecule has 0 unspecified atom stereocenters. The van der Waals surface area contributed by atoms with Crippen molar-refractivity contribution >= 4 is 22.7 Å². The molecule has 4 rings (SSSR count). The molecule has 1 aliphatic rings. The molecule has 0 aliphatic heterocycles. The number of hydrogen-bond donors (Lipinski definition) is 2.